The number of hydrogen-bond donors (Lipinski definition) is 0. The van der Waals surface area contributed by atoms with Gasteiger partial charge in [-0.15, -0.1) is 0 Å². The summed E-state index contributed by atoms with van der Waals surface area (Å²) in [5.74, 6) is -1.01. The monoisotopic (exact) mass is 393 g/mol. The Morgan fingerprint density at radius 2 is 1.66 bits per heavy atom. The van der Waals surface area contributed by atoms with E-state index in [1.165, 1.54) is 6.07 Å². The van der Waals surface area contributed by atoms with Crippen LogP contribution in [0.5, 0.6) is 0 Å². The fourth-order valence-electron chi connectivity index (χ4n) is 4.48. The topological polar surface area (TPSA) is 83.8 Å². The van der Waals surface area contributed by atoms with E-state index in [4.69, 9.17) is 0 Å². The Kier molecular flexibility index (Phi) is 5.05. The predicted octanol–water partition coefficient (Wildman–Crippen LogP) is 3.91. The van der Waals surface area contributed by atoms with Gasteiger partial charge in [-0.1, -0.05) is 43.2 Å². The van der Waals surface area contributed by atoms with Crippen molar-refractivity contribution in [1.29, 1.82) is 0 Å². The van der Waals surface area contributed by atoms with E-state index in [1.807, 2.05) is 30.3 Å². The lowest BCUT2D eigenvalue weighted by atomic mass is 9.81. The van der Waals surface area contributed by atoms with Crippen LogP contribution in [-0.4, -0.2) is 23.8 Å². The van der Waals surface area contributed by atoms with Crippen LogP contribution in [0.1, 0.15) is 31.2 Å². The normalized spacial score (nSPS) is 21.2. The Morgan fingerprint density at radius 3 is 2.24 bits per heavy atom. The highest BCUT2D eigenvalue weighted by molar-refractivity contribution is 6.22. The zero-order valence-corrected chi connectivity index (χ0v) is 16.3. The first-order chi connectivity index (χ1) is 14.0. The molecular formula is C22H23N3O4. The molecule has 2 amide bonds. The van der Waals surface area contributed by atoms with Crippen molar-refractivity contribution in [2.24, 2.45) is 11.8 Å². The van der Waals surface area contributed by atoms with E-state index < -0.39 is 4.92 Å². The molecule has 0 bridgehead atoms. The van der Waals surface area contributed by atoms with Crippen molar-refractivity contribution in [3.63, 3.8) is 0 Å². The molecule has 1 heterocycles. The molecule has 2 aromatic carbocycles. The van der Waals surface area contributed by atoms with Gasteiger partial charge in [-0.05, 0) is 30.5 Å². The SMILES string of the molecule is CN(Cc1ccccc1)c1ccc(N2C(=O)[C@H]3CCCC[C@@H]3C2=O)cc1[N+](=O)[O-]. The Hall–Kier alpha value is -3.22. The molecule has 2 fully saturated rings. The fraction of sp³-hybridized carbons (Fsp3) is 0.364. The first-order valence-electron chi connectivity index (χ1n) is 9.88. The number of imide groups is 1. The number of fused-ring (bicyclic) bond motifs is 1. The fourth-order valence-corrected chi connectivity index (χ4v) is 4.48. The van der Waals surface area contributed by atoms with Crippen molar-refractivity contribution >= 4 is 28.9 Å². The molecule has 4 rings (SSSR count). The van der Waals surface area contributed by atoms with Gasteiger partial charge in [0.1, 0.15) is 5.69 Å². The van der Waals surface area contributed by atoms with Gasteiger partial charge < -0.3 is 4.90 Å². The largest absolute Gasteiger partial charge is 0.365 e. The van der Waals surface area contributed by atoms with Gasteiger partial charge in [0.2, 0.25) is 11.8 Å². The van der Waals surface area contributed by atoms with E-state index in [9.17, 15) is 19.7 Å². The van der Waals surface area contributed by atoms with Crippen molar-refractivity contribution in [3.8, 4) is 0 Å². The lowest BCUT2D eigenvalue weighted by Gasteiger charge is -2.21. The second kappa shape index (κ2) is 7.66. The van der Waals surface area contributed by atoms with Gasteiger partial charge >= 0.3 is 0 Å². The van der Waals surface area contributed by atoms with E-state index >= 15 is 0 Å². The first kappa shape index (κ1) is 19.1. The quantitative estimate of drug-likeness (QED) is 0.437. The molecule has 7 heteroatoms. The van der Waals surface area contributed by atoms with Crippen LogP contribution in [0.25, 0.3) is 0 Å². The number of amides is 2. The first-order valence-corrected chi connectivity index (χ1v) is 9.88. The van der Waals surface area contributed by atoms with Gasteiger partial charge in [0.15, 0.2) is 0 Å². The third kappa shape index (κ3) is 3.48. The second-order valence-corrected chi connectivity index (χ2v) is 7.78. The molecule has 2 atom stereocenters. The number of rotatable bonds is 5. The molecule has 2 aliphatic rings. The van der Waals surface area contributed by atoms with Crippen molar-refractivity contribution in [3.05, 3.63) is 64.2 Å². The summed E-state index contributed by atoms with van der Waals surface area (Å²) >= 11 is 0. The average molecular weight is 393 g/mol. The van der Waals surface area contributed by atoms with Crippen molar-refractivity contribution in [2.75, 3.05) is 16.8 Å². The Morgan fingerprint density at radius 1 is 1.03 bits per heavy atom. The standard InChI is InChI=1S/C22H23N3O4/c1-23(14-15-7-3-2-4-8-15)19-12-11-16(13-20(19)25(28)29)24-21(26)17-9-5-6-10-18(17)22(24)27/h2-4,7-8,11-13,17-18H,5-6,9-10,14H2,1H3/t17-,18-/m0/s1. The molecule has 0 unspecified atom stereocenters. The molecule has 150 valence electrons. The maximum absolute atomic E-state index is 12.8. The molecule has 1 saturated carbocycles. The number of nitro benzene ring substituents is 1. The zero-order chi connectivity index (χ0) is 20.5. The maximum Gasteiger partial charge on any atom is 0.294 e. The lowest BCUT2D eigenvalue weighted by Crippen LogP contribution is -2.31. The predicted molar refractivity (Wildman–Crippen MR) is 110 cm³/mol. The van der Waals surface area contributed by atoms with Gasteiger partial charge in [-0.2, -0.15) is 0 Å². The van der Waals surface area contributed by atoms with Gasteiger partial charge in [0.05, 0.1) is 22.4 Å². The molecule has 0 N–H and O–H groups in total. The number of hydrogen-bond acceptors (Lipinski definition) is 5. The van der Waals surface area contributed by atoms with Gasteiger partial charge in [0.25, 0.3) is 5.69 Å². The van der Waals surface area contributed by atoms with Crippen LogP contribution in [0.3, 0.4) is 0 Å². The Bertz CT molecular complexity index is 936. The molecule has 1 aliphatic carbocycles. The van der Waals surface area contributed by atoms with E-state index in [0.29, 0.717) is 25.1 Å². The van der Waals surface area contributed by atoms with E-state index in [-0.39, 0.29) is 35.0 Å². The summed E-state index contributed by atoms with van der Waals surface area (Å²) in [6.45, 7) is 0.507. The summed E-state index contributed by atoms with van der Waals surface area (Å²) in [6, 6.07) is 14.3. The average Bonchev–Trinajstić information content (AvgIpc) is 2.99. The molecular weight excluding hydrogens is 370 g/mol. The van der Waals surface area contributed by atoms with Crippen molar-refractivity contribution in [1.82, 2.24) is 0 Å². The van der Waals surface area contributed by atoms with Gasteiger partial charge in [0, 0.05) is 19.7 Å². The summed E-state index contributed by atoms with van der Waals surface area (Å²) in [4.78, 5) is 39.9. The minimum Gasteiger partial charge on any atom is -0.365 e. The number of nitrogens with zero attached hydrogens (tertiary/aromatic N) is 3. The van der Waals surface area contributed by atoms with Crippen molar-refractivity contribution < 1.29 is 14.5 Å². The number of benzene rings is 2. The summed E-state index contributed by atoms with van der Waals surface area (Å²) in [7, 11) is 1.79. The minimum atomic E-state index is -0.460. The minimum absolute atomic E-state index is 0.114. The highest BCUT2D eigenvalue weighted by Crippen LogP contribution is 2.42. The van der Waals surface area contributed by atoms with Crippen LogP contribution in [0.4, 0.5) is 17.1 Å². The number of anilines is 2. The summed E-state index contributed by atoms with van der Waals surface area (Å²) in [5.41, 5.74) is 1.65. The molecule has 0 aromatic heterocycles. The van der Waals surface area contributed by atoms with Crippen LogP contribution in [-0.2, 0) is 16.1 Å². The lowest BCUT2D eigenvalue weighted by molar-refractivity contribution is -0.384. The summed E-state index contributed by atoms with van der Waals surface area (Å²) in [6.07, 6.45) is 3.31. The van der Waals surface area contributed by atoms with E-state index in [1.54, 1.807) is 24.1 Å². The second-order valence-electron chi connectivity index (χ2n) is 7.78. The van der Waals surface area contributed by atoms with Crippen LogP contribution in [0, 0.1) is 22.0 Å². The number of nitro groups is 1. The molecule has 2 aromatic rings. The molecule has 1 saturated heterocycles. The van der Waals surface area contributed by atoms with Crippen molar-refractivity contribution in [2.45, 2.75) is 32.2 Å². The molecule has 29 heavy (non-hydrogen) atoms. The van der Waals surface area contributed by atoms with Gasteiger partial charge in [-0.25, -0.2) is 4.90 Å². The van der Waals surface area contributed by atoms with E-state index in [0.717, 1.165) is 23.3 Å². The Balaban J connectivity index is 1.65. The zero-order valence-electron chi connectivity index (χ0n) is 16.3. The summed E-state index contributed by atoms with van der Waals surface area (Å²) in [5, 5.41) is 11.8. The Labute approximate surface area is 169 Å². The molecule has 0 spiro atoms. The van der Waals surface area contributed by atoms with Crippen LogP contribution in [0.2, 0.25) is 0 Å². The molecule has 7 nitrogen and oxygen atoms in total. The summed E-state index contributed by atoms with van der Waals surface area (Å²) < 4.78 is 0. The highest BCUT2D eigenvalue weighted by Gasteiger charge is 2.49. The van der Waals surface area contributed by atoms with Crippen LogP contribution < -0.4 is 9.80 Å². The third-order valence-corrected chi connectivity index (χ3v) is 5.93. The van der Waals surface area contributed by atoms with Crippen LogP contribution >= 0.6 is 0 Å². The maximum atomic E-state index is 12.8. The van der Waals surface area contributed by atoms with Gasteiger partial charge in [-0.3, -0.25) is 19.7 Å². The van der Waals surface area contributed by atoms with E-state index in [2.05, 4.69) is 0 Å². The molecule has 1 aliphatic heterocycles. The number of carbonyl (C=O) groups excluding carboxylic acids is 2. The smallest absolute Gasteiger partial charge is 0.294 e. The molecule has 0 radical (unpaired) electrons. The van der Waals surface area contributed by atoms with Crippen LogP contribution in [0.15, 0.2) is 48.5 Å². The highest BCUT2D eigenvalue weighted by atomic mass is 16.6. The number of carbonyl (C=O) groups is 2. The third-order valence-electron chi connectivity index (χ3n) is 5.93.